The first kappa shape index (κ1) is 12.0. The molecule has 94 valence electrons. The second kappa shape index (κ2) is 4.79. The summed E-state index contributed by atoms with van der Waals surface area (Å²) in [4.78, 5) is 0. The van der Waals surface area contributed by atoms with E-state index in [1.54, 1.807) is 18.2 Å². The zero-order valence-corrected chi connectivity index (χ0v) is 9.70. The van der Waals surface area contributed by atoms with Gasteiger partial charge in [-0.3, -0.25) is 0 Å². The largest absolute Gasteiger partial charge is 0.493 e. The van der Waals surface area contributed by atoms with Crippen LogP contribution in [0.2, 0.25) is 0 Å². The molecule has 0 spiro atoms. The Balaban J connectivity index is 1.84. The molecule has 1 aromatic carbocycles. The molecule has 0 aliphatic carbocycles. The number of hydrogen-bond acceptors (Lipinski definition) is 5. The Kier molecular flexibility index (Phi) is 3.37. The summed E-state index contributed by atoms with van der Waals surface area (Å²) in [6.45, 7) is 0.307. The van der Waals surface area contributed by atoms with Crippen LogP contribution in [0.25, 0.3) is 0 Å². The molecule has 0 aromatic heterocycles. The van der Waals surface area contributed by atoms with E-state index in [0.717, 1.165) is 0 Å². The lowest BCUT2D eigenvalue weighted by Crippen LogP contribution is -2.05. The summed E-state index contributed by atoms with van der Waals surface area (Å²) in [6.07, 6.45) is 0.104. The molecular formula is C10H11FO5S. The van der Waals surface area contributed by atoms with E-state index in [2.05, 4.69) is 0 Å². The Hall–Kier alpha value is -1.50. The second-order valence-electron chi connectivity index (χ2n) is 3.46. The molecule has 7 heteroatoms. The molecule has 0 radical (unpaired) electrons. The highest BCUT2D eigenvalue weighted by Crippen LogP contribution is 2.35. The van der Waals surface area contributed by atoms with E-state index in [0.29, 0.717) is 17.2 Å². The third kappa shape index (κ3) is 3.48. The number of hydrogen-bond donors (Lipinski definition) is 0. The number of rotatable bonds is 5. The van der Waals surface area contributed by atoms with Crippen LogP contribution in [0.1, 0.15) is 6.42 Å². The highest BCUT2D eigenvalue weighted by molar-refractivity contribution is 7.86. The summed E-state index contributed by atoms with van der Waals surface area (Å²) in [5.41, 5.74) is 0. The van der Waals surface area contributed by atoms with Crippen LogP contribution >= 0.6 is 0 Å². The maximum atomic E-state index is 12.2. The maximum absolute atomic E-state index is 12.2. The van der Waals surface area contributed by atoms with Crippen molar-refractivity contribution in [2.75, 3.05) is 19.2 Å². The van der Waals surface area contributed by atoms with Gasteiger partial charge in [-0.25, -0.2) is 0 Å². The quantitative estimate of drug-likeness (QED) is 0.594. The number of benzene rings is 1. The predicted octanol–water partition coefficient (Wildman–Crippen LogP) is 1.48. The van der Waals surface area contributed by atoms with Crippen molar-refractivity contribution in [1.82, 2.24) is 0 Å². The first-order valence-corrected chi connectivity index (χ1v) is 6.55. The summed E-state index contributed by atoms with van der Waals surface area (Å²) < 4.78 is 48.2. The average molecular weight is 262 g/mol. The lowest BCUT2D eigenvalue weighted by molar-refractivity contribution is 0.173. The number of halogens is 1. The van der Waals surface area contributed by atoms with Crippen molar-refractivity contribution in [3.05, 3.63) is 18.2 Å². The van der Waals surface area contributed by atoms with Gasteiger partial charge in [-0.15, -0.1) is 3.89 Å². The van der Waals surface area contributed by atoms with E-state index < -0.39 is 16.0 Å². The van der Waals surface area contributed by atoms with Crippen molar-refractivity contribution in [3.8, 4) is 17.2 Å². The van der Waals surface area contributed by atoms with Crippen LogP contribution in [-0.2, 0) is 10.2 Å². The van der Waals surface area contributed by atoms with Gasteiger partial charge in [0.2, 0.25) is 6.79 Å². The van der Waals surface area contributed by atoms with Crippen LogP contribution in [0.15, 0.2) is 18.2 Å². The monoisotopic (exact) mass is 262 g/mol. The molecule has 0 amide bonds. The molecule has 17 heavy (non-hydrogen) atoms. The van der Waals surface area contributed by atoms with E-state index in [1.807, 2.05) is 0 Å². The fourth-order valence-corrected chi connectivity index (χ4v) is 1.85. The highest BCUT2D eigenvalue weighted by atomic mass is 32.3. The third-order valence-corrected chi connectivity index (χ3v) is 2.92. The van der Waals surface area contributed by atoms with Gasteiger partial charge in [0.25, 0.3) is 0 Å². The molecule has 0 bridgehead atoms. The molecule has 1 aromatic rings. The minimum Gasteiger partial charge on any atom is -0.493 e. The van der Waals surface area contributed by atoms with Gasteiger partial charge >= 0.3 is 10.2 Å². The van der Waals surface area contributed by atoms with E-state index >= 15 is 0 Å². The second-order valence-corrected chi connectivity index (χ2v) is 4.95. The molecule has 0 saturated carbocycles. The van der Waals surface area contributed by atoms with E-state index in [4.69, 9.17) is 14.2 Å². The predicted molar refractivity (Wildman–Crippen MR) is 57.6 cm³/mol. The summed E-state index contributed by atoms with van der Waals surface area (Å²) in [5.74, 6) is 1.23. The molecule has 0 saturated heterocycles. The van der Waals surface area contributed by atoms with Gasteiger partial charge in [-0.1, -0.05) is 0 Å². The van der Waals surface area contributed by atoms with Gasteiger partial charge < -0.3 is 14.2 Å². The van der Waals surface area contributed by atoms with Gasteiger partial charge in [0.05, 0.1) is 12.4 Å². The molecule has 0 atom stereocenters. The zero-order chi connectivity index (χ0) is 12.3. The van der Waals surface area contributed by atoms with E-state index in [-0.39, 0.29) is 19.8 Å². The Labute approximate surface area is 98.3 Å². The molecule has 1 heterocycles. The minimum atomic E-state index is -4.41. The van der Waals surface area contributed by atoms with Gasteiger partial charge in [0.1, 0.15) is 5.75 Å². The fourth-order valence-electron chi connectivity index (χ4n) is 1.39. The molecule has 0 fully saturated rings. The third-order valence-electron chi connectivity index (χ3n) is 2.15. The van der Waals surface area contributed by atoms with Gasteiger partial charge in [0.15, 0.2) is 11.5 Å². The van der Waals surface area contributed by atoms with Crippen LogP contribution < -0.4 is 14.2 Å². The highest BCUT2D eigenvalue weighted by Gasteiger charge is 2.13. The molecule has 1 aliphatic rings. The SMILES string of the molecule is O=S(=O)(F)CCCOc1ccc2c(c1)OCO2. The smallest absolute Gasteiger partial charge is 0.302 e. The standard InChI is InChI=1S/C10H11FO5S/c11-17(12,13)5-1-4-14-8-2-3-9-10(6-8)16-7-15-9/h2-3,6H,1,4-5,7H2. The van der Waals surface area contributed by atoms with Crippen molar-refractivity contribution >= 4 is 10.2 Å². The van der Waals surface area contributed by atoms with Gasteiger partial charge in [0, 0.05) is 6.07 Å². The van der Waals surface area contributed by atoms with E-state index in [1.165, 1.54) is 0 Å². The normalized spacial score (nSPS) is 13.7. The van der Waals surface area contributed by atoms with E-state index in [9.17, 15) is 12.3 Å². The first-order valence-electron chi connectivity index (χ1n) is 4.99. The molecule has 1 aliphatic heterocycles. The van der Waals surface area contributed by atoms with Gasteiger partial charge in [-0.05, 0) is 18.6 Å². The number of fused-ring (bicyclic) bond motifs is 1. The topological polar surface area (TPSA) is 61.8 Å². The Bertz CT molecular complexity index is 499. The lowest BCUT2D eigenvalue weighted by atomic mass is 10.3. The Morgan fingerprint density at radius 2 is 2.06 bits per heavy atom. The van der Waals surface area contributed by atoms with Crippen LogP contribution in [-0.4, -0.2) is 27.6 Å². The summed E-state index contributed by atoms with van der Waals surface area (Å²) >= 11 is 0. The number of ether oxygens (including phenoxy) is 3. The van der Waals surface area contributed by atoms with Gasteiger partial charge in [-0.2, -0.15) is 8.42 Å². The zero-order valence-electron chi connectivity index (χ0n) is 8.89. The Morgan fingerprint density at radius 3 is 2.82 bits per heavy atom. The molecule has 0 unspecified atom stereocenters. The fraction of sp³-hybridized carbons (Fsp3) is 0.400. The van der Waals surface area contributed by atoms with Crippen molar-refractivity contribution < 1.29 is 26.5 Å². The molecular weight excluding hydrogens is 251 g/mol. The van der Waals surface area contributed by atoms with Crippen molar-refractivity contribution in [3.63, 3.8) is 0 Å². The van der Waals surface area contributed by atoms with Crippen molar-refractivity contribution in [2.24, 2.45) is 0 Å². The molecule has 0 N–H and O–H groups in total. The van der Waals surface area contributed by atoms with Crippen molar-refractivity contribution in [2.45, 2.75) is 6.42 Å². The van der Waals surface area contributed by atoms with Crippen LogP contribution in [0, 0.1) is 0 Å². The van der Waals surface area contributed by atoms with Crippen LogP contribution in [0.5, 0.6) is 17.2 Å². The van der Waals surface area contributed by atoms with Crippen LogP contribution in [0.4, 0.5) is 3.89 Å². The lowest BCUT2D eigenvalue weighted by Gasteiger charge is -2.05. The molecule has 2 rings (SSSR count). The van der Waals surface area contributed by atoms with Crippen LogP contribution in [0.3, 0.4) is 0 Å². The van der Waals surface area contributed by atoms with Crippen molar-refractivity contribution in [1.29, 1.82) is 0 Å². The summed E-state index contributed by atoms with van der Waals surface area (Å²) in [5, 5.41) is 0. The summed E-state index contributed by atoms with van der Waals surface area (Å²) in [7, 11) is -4.41. The molecule has 5 nitrogen and oxygen atoms in total. The Morgan fingerprint density at radius 1 is 1.29 bits per heavy atom. The minimum absolute atomic E-state index is 0.104. The summed E-state index contributed by atoms with van der Waals surface area (Å²) in [6, 6.07) is 5.02. The average Bonchev–Trinajstić information content (AvgIpc) is 2.70. The first-order chi connectivity index (χ1) is 8.04. The maximum Gasteiger partial charge on any atom is 0.302 e.